The van der Waals surface area contributed by atoms with E-state index < -0.39 is 8.07 Å². The molecule has 0 aliphatic rings. The van der Waals surface area contributed by atoms with Gasteiger partial charge in [0.2, 0.25) is 0 Å². The van der Waals surface area contributed by atoms with Crippen LogP contribution >= 0.6 is 0 Å². The second kappa shape index (κ2) is 19.1. The first kappa shape index (κ1) is 26.4. The van der Waals surface area contributed by atoms with Crippen LogP contribution in [0.4, 0.5) is 0 Å². The molecule has 0 aliphatic carbocycles. The van der Waals surface area contributed by atoms with Gasteiger partial charge in [0.25, 0.3) is 0 Å². The maximum Gasteiger partial charge on any atom is 0.0443 e. The quantitative estimate of drug-likeness (QED) is 0.504. The standard InChI is InChI=1S/C6H17NSi.C3H7N.C3H10Si.Pt/c1-8(2,3)6-4-5-7;1-2-3-4;1-4(2)3;/h4-7H2,1-3H3;2H,1,3-4H2;4H,1-3H3;. The summed E-state index contributed by atoms with van der Waals surface area (Å²) in [5.41, 5.74) is 10.3. The van der Waals surface area contributed by atoms with Gasteiger partial charge in [-0.1, -0.05) is 51.4 Å². The van der Waals surface area contributed by atoms with Crippen molar-refractivity contribution in [3.8, 4) is 0 Å². The molecule has 0 aromatic carbocycles. The summed E-state index contributed by atoms with van der Waals surface area (Å²) in [5.74, 6) is 0. The Kier molecular flexibility index (Phi) is 29.7. The van der Waals surface area contributed by atoms with Gasteiger partial charge >= 0.3 is 0 Å². The van der Waals surface area contributed by atoms with Crippen LogP contribution in [0.2, 0.25) is 45.3 Å². The molecule has 0 bridgehead atoms. The van der Waals surface area contributed by atoms with Crippen molar-refractivity contribution in [3.63, 3.8) is 0 Å². The third kappa shape index (κ3) is 79.7. The van der Waals surface area contributed by atoms with Crippen molar-refractivity contribution in [2.45, 2.75) is 51.7 Å². The molecule has 0 saturated heterocycles. The fourth-order valence-electron chi connectivity index (χ4n) is 0.632. The van der Waals surface area contributed by atoms with E-state index in [4.69, 9.17) is 11.5 Å². The first-order valence-electron chi connectivity index (χ1n) is 6.22. The molecule has 17 heavy (non-hydrogen) atoms. The SMILES string of the molecule is C=CCN.C[SiH](C)C.C[Si](C)(C)CCCN.[Pt]. The summed E-state index contributed by atoms with van der Waals surface area (Å²) in [4.78, 5) is 0. The molecule has 0 heterocycles. The van der Waals surface area contributed by atoms with Crippen LogP contribution in [-0.4, -0.2) is 30.0 Å². The first-order valence-corrected chi connectivity index (χ1v) is 13.4. The van der Waals surface area contributed by atoms with Crippen LogP contribution in [0.15, 0.2) is 12.7 Å². The van der Waals surface area contributed by atoms with E-state index in [0.717, 1.165) is 6.54 Å². The predicted molar refractivity (Wildman–Crippen MR) is 85.8 cm³/mol. The smallest absolute Gasteiger partial charge is 0.0443 e. The number of hydrogen-bond donors (Lipinski definition) is 2. The third-order valence-electron chi connectivity index (χ3n) is 1.30. The molecule has 2 nitrogen and oxygen atoms in total. The number of rotatable bonds is 4. The van der Waals surface area contributed by atoms with Gasteiger partial charge in [-0.25, -0.2) is 0 Å². The molecule has 0 saturated carbocycles. The Labute approximate surface area is 127 Å². The van der Waals surface area contributed by atoms with Crippen LogP contribution < -0.4 is 11.5 Å². The third-order valence-corrected chi connectivity index (χ3v) is 3.15. The van der Waals surface area contributed by atoms with Gasteiger partial charge in [-0.15, -0.1) is 6.58 Å². The van der Waals surface area contributed by atoms with Crippen LogP contribution in [0.3, 0.4) is 0 Å². The van der Waals surface area contributed by atoms with E-state index in [0.29, 0.717) is 6.54 Å². The largest absolute Gasteiger partial charge is 0.330 e. The second-order valence-electron chi connectivity index (χ2n) is 5.71. The van der Waals surface area contributed by atoms with Crippen molar-refractivity contribution in [2.24, 2.45) is 11.5 Å². The fraction of sp³-hybridized carbons (Fsp3) is 0.833. The van der Waals surface area contributed by atoms with E-state index in [-0.39, 0.29) is 29.9 Å². The Morgan fingerprint density at radius 3 is 1.47 bits per heavy atom. The average Bonchev–Trinajstić information content (AvgIpc) is 2.13. The Balaban J connectivity index is -0.0000000806. The minimum Gasteiger partial charge on any atom is -0.330 e. The van der Waals surface area contributed by atoms with Gasteiger partial charge in [0.15, 0.2) is 0 Å². The summed E-state index contributed by atoms with van der Waals surface area (Å²) < 4.78 is 0. The first-order chi connectivity index (χ1) is 7.21. The van der Waals surface area contributed by atoms with Crippen molar-refractivity contribution in [2.75, 3.05) is 13.1 Å². The summed E-state index contributed by atoms with van der Waals surface area (Å²) in [6.07, 6.45) is 2.87. The molecule has 0 spiro atoms. The second-order valence-corrected chi connectivity index (χ2v) is 14.8. The Morgan fingerprint density at radius 1 is 1.12 bits per heavy atom. The summed E-state index contributed by atoms with van der Waals surface area (Å²) in [6, 6.07) is 1.38. The zero-order chi connectivity index (χ0) is 13.6. The van der Waals surface area contributed by atoms with Crippen molar-refractivity contribution in [3.05, 3.63) is 12.7 Å². The minimum absolute atomic E-state index is 0. The maximum atomic E-state index is 5.36. The molecule has 0 atom stereocenters. The zero-order valence-corrected chi connectivity index (χ0v) is 17.1. The molecule has 0 amide bonds. The maximum absolute atomic E-state index is 5.36. The summed E-state index contributed by atoms with van der Waals surface area (Å²) in [7, 11) is -0.897. The zero-order valence-electron chi connectivity index (χ0n) is 12.7. The van der Waals surface area contributed by atoms with Crippen LogP contribution in [-0.2, 0) is 21.1 Å². The molecule has 0 rings (SSSR count). The van der Waals surface area contributed by atoms with Crippen LogP contribution in [0.1, 0.15) is 6.42 Å². The van der Waals surface area contributed by atoms with Crippen molar-refractivity contribution >= 4 is 16.9 Å². The molecule has 5 heteroatoms. The minimum atomic E-state index is -0.758. The van der Waals surface area contributed by atoms with E-state index in [2.05, 4.69) is 45.9 Å². The molecule has 0 radical (unpaired) electrons. The van der Waals surface area contributed by atoms with Gasteiger partial charge in [0.05, 0.1) is 0 Å². The number of hydrogen-bond acceptors (Lipinski definition) is 2. The van der Waals surface area contributed by atoms with Crippen LogP contribution in [0.5, 0.6) is 0 Å². The van der Waals surface area contributed by atoms with E-state index in [1.54, 1.807) is 6.08 Å². The van der Waals surface area contributed by atoms with Crippen LogP contribution in [0, 0.1) is 0 Å². The van der Waals surface area contributed by atoms with Gasteiger partial charge in [-0.2, -0.15) is 0 Å². The van der Waals surface area contributed by atoms with E-state index in [9.17, 15) is 0 Å². The van der Waals surface area contributed by atoms with Gasteiger partial charge in [-0.3, -0.25) is 0 Å². The molecule has 110 valence electrons. The normalized spacial score (nSPS) is 9.24. The van der Waals surface area contributed by atoms with Gasteiger partial charge in [0.1, 0.15) is 0 Å². The Bertz CT molecular complexity index is 134. The van der Waals surface area contributed by atoms with Crippen LogP contribution in [0.25, 0.3) is 0 Å². The van der Waals surface area contributed by atoms with Crippen molar-refractivity contribution < 1.29 is 21.1 Å². The molecule has 0 aliphatic heterocycles. The Hall–Kier alpha value is 0.782. The molecule has 0 unspecified atom stereocenters. The summed E-state index contributed by atoms with van der Waals surface area (Å²) in [5, 5.41) is 0. The molecule has 0 aromatic heterocycles. The van der Waals surface area contributed by atoms with E-state index in [1.807, 2.05) is 0 Å². The van der Waals surface area contributed by atoms with E-state index in [1.165, 1.54) is 12.5 Å². The molecular formula is C12H34N2PtSi2. The summed E-state index contributed by atoms with van der Waals surface area (Å²) in [6.45, 7) is 18.9. The molecule has 4 N–H and O–H groups in total. The topological polar surface area (TPSA) is 52.0 Å². The Morgan fingerprint density at radius 2 is 1.41 bits per heavy atom. The average molecular weight is 458 g/mol. The summed E-state index contributed by atoms with van der Waals surface area (Å²) >= 11 is 0. The van der Waals surface area contributed by atoms with Gasteiger partial charge in [-0.05, 0) is 13.0 Å². The van der Waals surface area contributed by atoms with E-state index >= 15 is 0 Å². The molecule has 0 aromatic rings. The molecule has 0 fully saturated rings. The number of nitrogens with two attached hydrogens (primary N) is 2. The molecular weight excluding hydrogens is 423 g/mol. The van der Waals surface area contributed by atoms with Crippen molar-refractivity contribution in [1.29, 1.82) is 0 Å². The van der Waals surface area contributed by atoms with Gasteiger partial charge in [0, 0.05) is 44.5 Å². The fourth-order valence-corrected chi connectivity index (χ4v) is 1.90. The monoisotopic (exact) mass is 457 g/mol. The van der Waals surface area contributed by atoms with Crippen molar-refractivity contribution in [1.82, 2.24) is 0 Å². The van der Waals surface area contributed by atoms with Gasteiger partial charge < -0.3 is 11.5 Å². The predicted octanol–water partition coefficient (Wildman–Crippen LogP) is 2.90.